The first-order valence-corrected chi connectivity index (χ1v) is 4.83. The Morgan fingerprint density at radius 3 is 2.27 bits per heavy atom. The summed E-state index contributed by atoms with van der Waals surface area (Å²) in [5.41, 5.74) is -0.338. The predicted molar refractivity (Wildman–Crippen MR) is 55.6 cm³/mol. The van der Waals surface area contributed by atoms with E-state index in [4.69, 9.17) is 9.84 Å². The van der Waals surface area contributed by atoms with Crippen LogP contribution in [0.25, 0.3) is 0 Å². The van der Waals surface area contributed by atoms with E-state index in [1.807, 2.05) is 20.8 Å². The summed E-state index contributed by atoms with van der Waals surface area (Å²) in [6.45, 7) is 7.18. The van der Waals surface area contributed by atoms with Gasteiger partial charge in [-0.25, -0.2) is 0 Å². The minimum absolute atomic E-state index is 0.129. The lowest BCUT2D eigenvalue weighted by atomic mass is 10.1. The fourth-order valence-electron chi connectivity index (χ4n) is 1.00. The number of carboxylic acids is 1. The molecule has 88 valence electrons. The summed E-state index contributed by atoms with van der Waals surface area (Å²) in [6.07, 6.45) is -0.129. The molecule has 0 radical (unpaired) electrons. The third-order valence-electron chi connectivity index (χ3n) is 1.55. The number of aliphatic carboxylic acids is 1. The third kappa shape index (κ3) is 9.21. The molecule has 15 heavy (non-hydrogen) atoms. The molecule has 0 rings (SSSR count). The number of ether oxygens (including phenoxy) is 1. The molecule has 2 N–H and O–H groups in total. The zero-order valence-electron chi connectivity index (χ0n) is 9.66. The zero-order chi connectivity index (χ0) is 12.1. The molecule has 1 atom stereocenters. The van der Waals surface area contributed by atoms with Gasteiger partial charge in [0.1, 0.15) is 0 Å². The smallest absolute Gasteiger partial charge is 0.305 e. The molecule has 0 heterocycles. The highest BCUT2D eigenvalue weighted by Crippen LogP contribution is 2.08. The number of carbonyl (C=O) groups excluding carboxylic acids is 1. The summed E-state index contributed by atoms with van der Waals surface area (Å²) in [6, 6.07) is -0.473. The van der Waals surface area contributed by atoms with Crippen molar-refractivity contribution in [2.24, 2.45) is 0 Å². The maximum atomic E-state index is 10.8. The fourth-order valence-corrected chi connectivity index (χ4v) is 1.00. The van der Waals surface area contributed by atoms with Crippen molar-refractivity contribution in [3.8, 4) is 0 Å². The highest BCUT2D eigenvalue weighted by molar-refractivity contribution is 5.74. The number of carboxylic acid groups (broad SMARTS) is 1. The lowest BCUT2D eigenvalue weighted by Crippen LogP contribution is -2.40. The van der Waals surface area contributed by atoms with Crippen LogP contribution in [0.1, 0.15) is 34.1 Å². The van der Waals surface area contributed by atoms with Gasteiger partial charge in [0.25, 0.3) is 0 Å². The maximum absolute atomic E-state index is 10.8. The standard InChI is InChI=1S/C10H19NO4/c1-7(12)11-8(5-9(13)14)6-15-10(2,3)4/h8H,5-6H2,1-4H3,(H,11,12)(H,13,14)/t8-/m0/s1. The molecule has 0 spiro atoms. The Hall–Kier alpha value is -1.10. The van der Waals surface area contributed by atoms with E-state index in [-0.39, 0.29) is 24.5 Å². The zero-order valence-corrected chi connectivity index (χ0v) is 9.66. The lowest BCUT2D eigenvalue weighted by Gasteiger charge is -2.24. The first-order chi connectivity index (χ1) is 6.70. The summed E-state index contributed by atoms with van der Waals surface area (Å²) in [5, 5.41) is 11.2. The minimum atomic E-state index is -0.953. The average molecular weight is 217 g/mol. The van der Waals surface area contributed by atoms with Gasteiger partial charge >= 0.3 is 5.97 Å². The first kappa shape index (κ1) is 13.9. The molecular formula is C10H19NO4. The molecule has 0 aromatic rings. The normalized spacial score (nSPS) is 13.3. The fraction of sp³-hybridized carbons (Fsp3) is 0.800. The van der Waals surface area contributed by atoms with E-state index in [1.54, 1.807) is 0 Å². The van der Waals surface area contributed by atoms with Crippen molar-refractivity contribution in [1.29, 1.82) is 0 Å². The largest absolute Gasteiger partial charge is 0.481 e. The molecule has 0 unspecified atom stereocenters. The van der Waals surface area contributed by atoms with Crippen LogP contribution in [0.2, 0.25) is 0 Å². The molecule has 0 saturated heterocycles. The predicted octanol–water partition coefficient (Wildman–Crippen LogP) is 0.781. The summed E-state index contributed by atoms with van der Waals surface area (Å²) >= 11 is 0. The Morgan fingerprint density at radius 2 is 1.93 bits per heavy atom. The van der Waals surface area contributed by atoms with Crippen LogP contribution < -0.4 is 5.32 Å². The number of hydrogen-bond acceptors (Lipinski definition) is 3. The quantitative estimate of drug-likeness (QED) is 0.713. The molecule has 5 heteroatoms. The Morgan fingerprint density at radius 1 is 1.40 bits per heavy atom. The Balaban J connectivity index is 4.12. The lowest BCUT2D eigenvalue weighted by molar-refractivity contribution is -0.138. The van der Waals surface area contributed by atoms with Crippen molar-refractivity contribution in [3.05, 3.63) is 0 Å². The Labute approximate surface area is 89.8 Å². The van der Waals surface area contributed by atoms with Gasteiger partial charge in [-0.2, -0.15) is 0 Å². The van der Waals surface area contributed by atoms with Gasteiger partial charge in [-0.05, 0) is 20.8 Å². The van der Waals surface area contributed by atoms with Crippen molar-refractivity contribution >= 4 is 11.9 Å². The van der Waals surface area contributed by atoms with E-state index >= 15 is 0 Å². The van der Waals surface area contributed by atoms with Crippen LogP contribution in [0.5, 0.6) is 0 Å². The molecule has 5 nitrogen and oxygen atoms in total. The molecular weight excluding hydrogens is 198 g/mol. The van der Waals surface area contributed by atoms with E-state index in [9.17, 15) is 9.59 Å². The maximum Gasteiger partial charge on any atom is 0.305 e. The van der Waals surface area contributed by atoms with Crippen molar-refractivity contribution in [3.63, 3.8) is 0 Å². The van der Waals surface area contributed by atoms with Gasteiger partial charge in [0, 0.05) is 6.92 Å². The summed E-state index contributed by atoms with van der Waals surface area (Å²) in [5.74, 6) is -1.20. The van der Waals surface area contributed by atoms with E-state index in [0.717, 1.165) is 0 Å². The van der Waals surface area contributed by atoms with Gasteiger partial charge in [-0.3, -0.25) is 9.59 Å². The second kappa shape index (κ2) is 5.70. The monoisotopic (exact) mass is 217 g/mol. The van der Waals surface area contributed by atoms with Crippen LogP contribution in [0.3, 0.4) is 0 Å². The molecule has 0 aromatic carbocycles. The first-order valence-electron chi connectivity index (χ1n) is 4.83. The number of amides is 1. The van der Waals surface area contributed by atoms with Crippen LogP contribution in [-0.2, 0) is 14.3 Å². The summed E-state index contributed by atoms with van der Waals surface area (Å²) < 4.78 is 5.42. The van der Waals surface area contributed by atoms with Crippen LogP contribution in [0, 0.1) is 0 Å². The van der Waals surface area contributed by atoms with Crippen LogP contribution in [0.15, 0.2) is 0 Å². The van der Waals surface area contributed by atoms with Crippen molar-refractivity contribution in [2.75, 3.05) is 6.61 Å². The number of hydrogen-bond donors (Lipinski definition) is 2. The molecule has 0 aromatic heterocycles. The number of carbonyl (C=O) groups is 2. The minimum Gasteiger partial charge on any atom is -0.481 e. The van der Waals surface area contributed by atoms with E-state index in [1.165, 1.54) is 6.92 Å². The second-order valence-corrected chi connectivity index (χ2v) is 4.42. The Bertz CT molecular complexity index is 216. The molecule has 0 aliphatic heterocycles. The molecule has 0 aliphatic rings. The van der Waals surface area contributed by atoms with Gasteiger partial charge in [0.15, 0.2) is 0 Å². The topological polar surface area (TPSA) is 75.6 Å². The van der Waals surface area contributed by atoms with Gasteiger partial charge in [-0.15, -0.1) is 0 Å². The SMILES string of the molecule is CC(=O)N[C@H](COC(C)(C)C)CC(=O)O. The summed E-state index contributed by atoms with van der Waals surface area (Å²) in [4.78, 5) is 21.3. The van der Waals surface area contributed by atoms with Gasteiger partial charge in [-0.1, -0.05) is 0 Å². The number of rotatable bonds is 5. The molecule has 0 aliphatic carbocycles. The van der Waals surface area contributed by atoms with Crippen molar-refractivity contribution in [2.45, 2.75) is 45.8 Å². The van der Waals surface area contributed by atoms with Gasteiger partial charge < -0.3 is 15.2 Å². The van der Waals surface area contributed by atoms with E-state index in [0.29, 0.717) is 0 Å². The average Bonchev–Trinajstić information content (AvgIpc) is 1.96. The van der Waals surface area contributed by atoms with Crippen LogP contribution >= 0.6 is 0 Å². The van der Waals surface area contributed by atoms with Gasteiger partial charge in [0.05, 0.1) is 24.7 Å². The molecule has 0 fully saturated rings. The number of nitrogens with one attached hydrogen (secondary N) is 1. The third-order valence-corrected chi connectivity index (χ3v) is 1.55. The highest BCUT2D eigenvalue weighted by Gasteiger charge is 2.18. The van der Waals surface area contributed by atoms with Crippen molar-refractivity contribution < 1.29 is 19.4 Å². The summed E-state index contributed by atoms with van der Waals surface area (Å²) in [7, 11) is 0. The van der Waals surface area contributed by atoms with Gasteiger partial charge in [0.2, 0.25) is 5.91 Å². The molecule has 1 amide bonds. The van der Waals surface area contributed by atoms with Crippen LogP contribution in [-0.4, -0.2) is 35.2 Å². The van der Waals surface area contributed by atoms with E-state index in [2.05, 4.69) is 5.32 Å². The molecule has 0 bridgehead atoms. The van der Waals surface area contributed by atoms with E-state index < -0.39 is 12.0 Å². The highest BCUT2D eigenvalue weighted by atomic mass is 16.5. The van der Waals surface area contributed by atoms with Crippen LogP contribution in [0.4, 0.5) is 0 Å². The molecule has 0 saturated carbocycles. The second-order valence-electron chi connectivity index (χ2n) is 4.42. The van der Waals surface area contributed by atoms with Crippen molar-refractivity contribution in [1.82, 2.24) is 5.32 Å². The Kier molecular flexibility index (Phi) is 5.28.